The van der Waals surface area contributed by atoms with E-state index in [1.165, 1.54) is 32.2 Å². The van der Waals surface area contributed by atoms with Gasteiger partial charge in [-0.1, -0.05) is 25.4 Å². The molecule has 1 aromatic carbocycles. The van der Waals surface area contributed by atoms with Crippen molar-refractivity contribution in [3.63, 3.8) is 0 Å². The first-order valence-corrected chi connectivity index (χ1v) is 11.7. The highest BCUT2D eigenvalue weighted by molar-refractivity contribution is 6.31. The first kappa shape index (κ1) is 28.0. The lowest BCUT2D eigenvalue weighted by atomic mass is 9.78. The minimum absolute atomic E-state index is 0.0134. The van der Waals surface area contributed by atoms with Gasteiger partial charge in [0.1, 0.15) is 6.61 Å². The molecule has 2 N–H and O–H groups in total. The lowest BCUT2D eigenvalue weighted by molar-refractivity contribution is -0.270. The molecule has 0 fully saturated rings. The molecule has 2 heterocycles. The van der Waals surface area contributed by atoms with Crippen LogP contribution in [-0.2, 0) is 11.0 Å². The van der Waals surface area contributed by atoms with Crippen LogP contribution in [-0.4, -0.2) is 53.6 Å². The average molecular weight is 532 g/mol. The van der Waals surface area contributed by atoms with Crippen LogP contribution in [0.3, 0.4) is 0 Å². The van der Waals surface area contributed by atoms with Gasteiger partial charge in [-0.25, -0.2) is 4.98 Å². The van der Waals surface area contributed by atoms with Crippen LogP contribution in [0.5, 0.6) is 17.2 Å². The molecule has 11 heteroatoms. The van der Waals surface area contributed by atoms with Crippen LogP contribution >= 0.6 is 11.6 Å². The van der Waals surface area contributed by atoms with Crippen molar-refractivity contribution < 1.29 is 42.4 Å². The summed E-state index contributed by atoms with van der Waals surface area (Å²) >= 11 is 6.16. The quantitative estimate of drug-likeness (QED) is 0.348. The predicted molar refractivity (Wildman–Crippen MR) is 126 cm³/mol. The number of ketones is 1. The molecule has 7 nitrogen and oxygen atoms in total. The van der Waals surface area contributed by atoms with E-state index in [0.29, 0.717) is 18.6 Å². The molecule has 1 aromatic heterocycles. The highest BCUT2D eigenvalue weighted by Crippen LogP contribution is 2.47. The minimum atomic E-state index is -5.13. The molecule has 36 heavy (non-hydrogen) atoms. The van der Waals surface area contributed by atoms with Gasteiger partial charge in [0.2, 0.25) is 5.60 Å². The van der Waals surface area contributed by atoms with Crippen molar-refractivity contribution in [2.24, 2.45) is 0 Å². The predicted octanol–water partition coefficient (Wildman–Crippen LogP) is 4.98. The Bertz CT molecular complexity index is 1120. The summed E-state index contributed by atoms with van der Waals surface area (Å²) in [6, 6.07) is 5.30. The SMILES string of the molecule is COc1cc(C(=O)CCC(O)(c2cc3c(c(Cl)n2)OCCC3(C)C)C(F)(F)F)ccc1OC[C@@H](C)O. The molecule has 0 radical (unpaired) electrons. The van der Waals surface area contributed by atoms with E-state index in [-0.39, 0.29) is 34.6 Å². The molecule has 1 unspecified atom stereocenters. The van der Waals surface area contributed by atoms with Gasteiger partial charge in [-0.15, -0.1) is 0 Å². The monoisotopic (exact) mass is 531 g/mol. The molecular formula is C25H29ClF3NO6. The summed E-state index contributed by atoms with van der Waals surface area (Å²) < 4.78 is 58.7. The number of carbonyl (C=O) groups excluding carboxylic acids is 1. The number of halogens is 4. The molecule has 198 valence electrons. The minimum Gasteiger partial charge on any atom is -0.493 e. The fraction of sp³-hybridized carbons (Fsp3) is 0.520. The van der Waals surface area contributed by atoms with Crippen molar-refractivity contribution in [2.45, 2.75) is 63.3 Å². The number of aliphatic hydroxyl groups is 2. The molecule has 0 spiro atoms. The summed E-state index contributed by atoms with van der Waals surface area (Å²) in [5.74, 6) is -0.00883. The van der Waals surface area contributed by atoms with Crippen LogP contribution in [0.25, 0.3) is 0 Å². The molecule has 3 rings (SSSR count). The summed E-state index contributed by atoms with van der Waals surface area (Å²) in [6.45, 7) is 5.54. The van der Waals surface area contributed by atoms with Gasteiger partial charge in [0, 0.05) is 17.5 Å². The fourth-order valence-corrected chi connectivity index (χ4v) is 4.17. The maximum atomic E-state index is 14.2. The number of aliphatic hydroxyl groups excluding tert-OH is 1. The zero-order chi connectivity index (χ0) is 26.9. The number of aromatic nitrogens is 1. The van der Waals surface area contributed by atoms with Crippen molar-refractivity contribution >= 4 is 17.4 Å². The molecule has 1 aliphatic rings. The van der Waals surface area contributed by atoms with Crippen molar-refractivity contribution in [1.82, 2.24) is 4.98 Å². The number of hydrogen-bond acceptors (Lipinski definition) is 7. The smallest absolute Gasteiger partial charge is 0.422 e. The normalized spacial score (nSPS) is 17.4. The third-order valence-electron chi connectivity index (χ3n) is 6.21. The third-order valence-corrected chi connectivity index (χ3v) is 6.46. The van der Waals surface area contributed by atoms with Crippen molar-refractivity contribution in [3.8, 4) is 17.2 Å². The molecular weight excluding hydrogens is 503 g/mol. The van der Waals surface area contributed by atoms with Gasteiger partial charge >= 0.3 is 6.18 Å². The Morgan fingerprint density at radius 2 is 1.97 bits per heavy atom. The number of benzene rings is 1. The van der Waals surface area contributed by atoms with E-state index in [1.54, 1.807) is 0 Å². The molecule has 0 amide bonds. The second-order valence-electron chi connectivity index (χ2n) is 9.46. The van der Waals surface area contributed by atoms with Gasteiger partial charge in [-0.3, -0.25) is 4.79 Å². The summed E-state index contributed by atoms with van der Waals surface area (Å²) in [5, 5.41) is 20.0. The summed E-state index contributed by atoms with van der Waals surface area (Å²) in [6.07, 6.45) is -6.93. The number of alkyl halides is 3. The number of rotatable bonds is 9. The third kappa shape index (κ3) is 5.71. The van der Waals surface area contributed by atoms with E-state index < -0.39 is 47.6 Å². The van der Waals surface area contributed by atoms with Crippen LogP contribution in [0.15, 0.2) is 24.3 Å². The zero-order valence-corrected chi connectivity index (χ0v) is 21.2. The molecule has 2 aromatic rings. The Balaban J connectivity index is 1.89. The number of Topliss-reactive ketones (excluding diaryl/α,β-unsaturated/α-hetero) is 1. The molecule has 0 bridgehead atoms. The van der Waals surface area contributed by atoms with Crippen LogP contribution in [0, 0.1) is 0 Å². The maximum Gasteiger partial charge on any atom is 0.422 e. The number of hydrogen-bond donors (Lipinski definition) is 2. The van der Waals surface area contributed by atoms with Crippen LogP contribution in [0.2, 0.25) is 5.15 Å². The summed E-state index contributed by atoms with van der Waals surface area (Å²) in [7, 11) is 1.35. The van der Waals surface area contributed by atoms with E-state index >= 15 is 0 Å². The second-order valence-corrected chi connectivity index (χ2v) is 9.82. The molecule has 0 saturated heterocycles. The Kier molecular flexibility index (Phi) is 8.12. The Morgan fingerprint density at radius 3 is 2.58 bits per heavy atom. The number of fused-ring (bicyclic) bond motifs is 1. The second kappa shape index (κ2) is 10.4. The van der Waals surface area contributed by atoms with Gasteiger partial charge in [-0.2, -0.15) is 13.2 Å². The van der Waals surface area contributed by atoms with Crippen molar-refractivity contribution in [2.75, 3.05) is 20.3 Å². The van der Waals surface area contributed by atoms with Gasteiger partial charge in [0.05, 0.1) is 25.5 Å². The van der Waals surface area contributed by atoms with E-state index in [0.717, 1.165) is 6.07 Å². The first-order valence-electron chi connectivity index (χ1n) is 11.3. The van der Waals surface area contributed by atoms with Gasteiger partial charge in [0.25, 0.3) is 0 Å². The van der Waals surface area contributed by atoms with Gasteiger partial charge in [-0.05, 0) is 49.4 Å². The summed E-state index contributed by atoms with van der Waals surface area (Å²) in [4.78, 5) is 16.6. The van der Waals surface area contributed by atoms with Crippen LogP contribution in [0.1, 0.15) is 61.6 Å². The van der Waals surface area contributed by atoms with E-state index in [2.05, 4.69) is 4.98 Å². The number of ether oxygens (including phenoxy) is 3. The maximum absolute atomic E-state index is 14.2. The standard InChI is InChI=1S/C25H29ClF3NO6/c1-14(31)13-36-18-6-5-15(11-19(18)34-4)17(32)7-8-24(33,25(27,28)29)20-12-16-21(22(26)30-20)35-10-9-23(16,2)3/h5-6,11-12,14,31,33H,7-10,13H2,1-4H3/t14-,24?/m1/s1. The topological polar surface area (TPSA) is 98.1 Å². The van der Waals surface area contributed by atoms with E-state index in [4.69, 9.17) is 25.8 Å². The highest BCUT2D eigenvalue weighted by Gasteiger charge is 2.56. The number of carbonyl (C=O) groups is 1. The lowest BCUT2D eigenvalue weighted by Crippen LogP contribution is -2.44. The zero-order valence-electron chi connectivity index (χ0n) is 20.4. The fourth-order valence-electron chi connectivity index (χ4n) is 3.92. The van der Waals surface area contributed by atoms with Crippen LogP contribution in [0.4, 0.5) is 13.2 Å². The van der Waals surface area contributed by atoms with Crippen LogP contribution < -0.4 is 14.2 Å². The van der Waals surface area contributed by atoms with Crippen molar-refractivity contribution in [3.05, 3.63) is 46.2 Å². The average Bonchev–Trinajstić information content (AvgIpc) is 2.80. The van der Waals surface area contributed by atoms with Gasteiger partial charge < -0.3 is 24.4 Å². The summed E-state index contributed by atoms with van der Waals surface area (Å²) in [5.41, 5.74) is -4.17. The molecule has 0 aliphatic carbocycles. The van der Waals surface area contributed by atoms with E-state index in [1.807, 2.05) is 13.8 Å². The Morgan fingerprint density at radius 1 is 1.28 bits per heavy atom. The Hall–Kier alpha value is -2.56. The largest absolute Gasteiger partial charge is 0.493 e. The first-order chi connectivity index (χ1) is 16.7. The van der Waals surface area contributed by atoms with E-state index in [9.17, 15) is 28.2 Å². The Labute approximate surface area is 212 Å². The van der Waals surface area contributed by atoms with Gasteiger partial charge in [0.15, 0.2) is 28.2 Å². The number of methoxy groups -OCH3 is 1. The van der Waals surface area contributed by atoms with Crippen molar-refractivity contribution in [1.29, 1.82) is 0 Å². The molecule has 0 saturated carbocycles. The lowest BCUT2D eigenvalue weighted by Gasteiger charge is -2.35. The number of pyridine rings is 1. The highest BCUT2D eigenvalue weighted by atomic mass is 35.5. The molecule has 1 aliphatic heterocycles. The molecule has 2 atom stereocenters. The number of nitrogens with zero attached hydrogens (tertiary/aromatic N) is 1.